The number of amides is 2. The molecular formula is C22H28N2O2S. The number of benzene rings is 2. The number of hydrogen-bond acceptors (Lipinski definition) is 3. The molecule has 0 aliphatic carbocycles. The van der Waals surface area contributed by atoms with E-state index in [1.165, 1.54) is 0 Å². The quantitative estimate of drug-likeness (QED) is 0.635. The summed E-state index contributed by atoms with van der Waals surface area (Å²) in [6, 6.07) is 19.6. The van der Waals surface area contributed by atoms with Gasteiger partial charge < -0.3 is 10.2 Å². The van der Waals surface area contributed by atoms with Crippen LogP contribution in [0.2, 0.25) is 0 Å². The highest BCUT2D eigenvalue weighted by molar-refractivity contribution is 7.99. The van der Waals surface area contributed by atoms with Crippen molar-refractivity contribution < 1.29 is 9.59 Å². The van der Waals surface area contributed by atoms with Crippen molar-refractivity contribution in [1.82, 2.24) is 10.2 Å². The first kappa shape index (κ1) is 21.0. The van der Waals surface area contributed by atoms with Crippen LogP contribution in [0, 0.1) is 0 Å². The number of hydrogen-bond donors (Lipinski definition) is 1. The molecule has 0 aliphatic rings. The third-order valence-corrected chi connectivity index (χ3v) is 5.34. The molecule has 144 valence electrons. The third-order valence-electron chi connectivity index (χ3n) is 4.33. The molecule has 4 nitrogen and oxygen atoms in total. The Morgan fingerprint density at radius 1 is 1.04 bits per heavy atom. The van der Waals surface area contributed by atoms with Gasteiger partial charge in [-0.05, 0) is 38.0 Å². The molecule has 27 heavy (non-hydrogen) atoms. The highest BCUT2D eigenvalue weighted by Crippen LogP contribution is 2.18. The highest BCUT2D eigenvalue weighted by Gasteiger charge is 2.25. The minimum atomic E-state index is -0.470. The monoisotopic (exact) mass is 384 g/mol. The number of carbonyl (C=O) groups excluding carboxylic acids is 2. The van der Waals surface area contributed by atoms with Crippen LogP contribution < -0.4 is 5.32 Å². The van der Waals surface area contributed by atoms with Gasteiger partial charge in [-0.2, -0.15) is 0 Å². The molecule has 0 bridgehead atoms. The first-order chi connectivity index (χ1) is 13.1. The van der Waals surface area contributed by atoms with Crippen molar-refractivity contribution in [2.75, 3.05) is 18.8 Å². The zero-order valence-electron chi connectivity index (χ0n) is 16.1. The summed E-state index contributed by atoms with van der Waals surface area (Å²) in [5.74, 6) is 0.620. The molecule has 1 N–H and O–H groups in total. The lowest BCUT2D eigenvalue weighted by atomic mass is 10.1. The maximum absolute atomic E-state index is 12.8. The molecule has 0 fully saturated rings. The third kappa shape index (κ3) is 7.10. The summed E-state index contributed by atoms with van der Waals surface area (Å²) in [6.07, 6.45) is 1.15. The fourth-order valence-electron chi connectivity index (χ4n) is 2.81. The molecule has 2 aromatic carbocycles. The van der Waals surface area contributed by atoms with E-state index >= 15 is 0 Å². The largest absolute Gasteiger partial charge is 0.355 e. The lowest BCUT2D eigenvalue weighted by Gasteiger charge is -2.28. The van der Waals surface area contributed by atoms with Crippen LogP contribution in [-0.2, 0) is 16.0 Å². The van der Waals surface area contributed by atoms with Crippen LogP contribution in [0.3, 0.4) is 0 Å². The Kier molecular flexibility index (Phi) is 8.92. The van der Waals surface area contributed by atoms with Crippen LogP contribution in [0.5, 0.6) is 0 Å². The molecule has 1 atom stereocenters. The minimum Gasteiger partial charge on any atom is -0.355 e. The second-order valence-electron chi connectivity index (χ2n) is 6.30. The molecule has 5 heteroatoms. The molecule has 2 rings (SSSR count). The van der Waals surface area contributed by atoms with E-state index in [0.717, 1.165) is 16.9 Å². The van der Waals surface area contributed by atoms with Crippen molar-refractivity contribution in [3.8, 4) is 0 Å². The van der Waals surface area contributed by atoms with E-state index in [2.05, 4.69) is 5.32 Å². The van der Waals surface area contributed by atoms with E-state index in [0.29, 0.717) is 25.3 Å². The fourth-order valence-corrected chi connectivity index (χ4v) is 3.67. The summed E-state index contributed by atoms with van der Waals surface area (Å²) >= 11 is 1.66. The van der Waals surface area contributed by atoms with Gasteiger partial charge in [-0.25, -0.2) is 0 Å². The Bertz CT molecular complexity index is 707. The standard InChI is InChI=1S/C22H28N2O2S/c1-3-23-22(26)18(2)24(16-14-19-10-6-4-7-11-19)21(25)15-17-27-20-12-8-5-9-13-20/h4-13,18H,3,14-17H2,1-2H3,(H,23,26)/t18-/m0/s1. The van der Waals surface area contributed by atoms with E-state index < -0.39 is 6.04 Å². The van der Waals surface area contributed by atoms with E-state index in [1.807, 2.05) is 67.6 Å². The summed E-state index contributed by atoms with van der Waals surface area (Å²) in [6.45, 7) is 4.79. The number of nitrogens with zero attached hydrogens (tertiary/aromatic N) is 1. The minimum absolute atomic E-state index is 0.0214. The molecule has 0 heterocycles. The van der Waals surface area contributed by atoms with Crippen molar-refractivity contribution in [3.05, 3.63) is 66.2 Å². The van der Waals surface area contributed by atoms with Gasteiger partial charge in [-0.15, -0.1) is 11.8 Å². The predicted octanol–water partition coefficient (Wildman–Crippen LogP) is 3.76. The van der Waals surface area contributed by atoms with Gasteiger partial charge in [0.15, 0.2) is 0 Å². The Hall–Kier alpha value is -2.27. The lowest BCUT2D eigenvalue weighted by Crippen LogP contribution is -2.48. The number of rotatable bonds is 10. The van der Waals surface area contributed by atoms with Gasteiger partial charge in [0.25, 0.3) is 0 Å². The van der Waals surface area contributed by atoms with Crippen molar-refractivity contribution >= 4 is 23.6 Å². The SMILES string of the molecule is CCNC(=O)[C@H](C)N(CCc1ccccc1)C(=O)CCSc1ccccc1. The van der Waals surface area contributed by atoms with E-state index in [4.69, 9.17) is 0 Å². The van der Waals surface area contributed by atoms with Crippen LogP contribution in [0.4, 0.5) is 0 Å². The number of likely N-dealkylation sites (N-methyl/N-ethyl adjacent to an activating group) is 1. The second-order valence-corrected chi connectivity index (χ2v) is 7.47. The first-order valence-corrected chi connectivity index (χ1v) is 10.4. The molecule has 2 aromatic rings. The summed E-state index contributed by atoms with van der Waals surface area (Å²) in [4.78, 5) is 28.0. The fraction of sp³-hybridized carbons (Fsp3) is 0.364. The zero-order valence-corrected chi connectivity index (χ0v) is 16.9. The van der Waals surface area contributed by atoms with E-state index in [1.54, 1.807) is 23.6 Å². The van der Waals surface area contributed by atoms with E-state index in [9.17, 15) is 9.59 Å². The molecule has 0 aromatic heterocycles. The normalized spacial score (nSPS) is 11.6. The maximum atomic E-state index is 12.8. The molecule has 0 radical (unpaired) electrons. The molecular weight excluding hydrogens is 356 g/mol. The van der Waals surface area contributed by atoms with Crippen LogP contribution >= 0.6 is 11.8 Å². The van der Waals surface area contributed by atoms with Gasteiger partial charge in [0.2, 0.25) is 11.8 Å². The topological polar surface area (TPSA) is 49.4 Å². The Morgan fingerprint density at radius 3 is 2.30 bits per heavy atom. The van der Waals surface area contributed by atoms with Crippen LogP contribution in [-0.4, -0.2) is 41.6 Å². The predicted molar refractivity (Wildman–Crippen MR) is 112 cm³/mol. The average Bonchev–Trinajstić information content (AvgIpc) is 2.70. The molecule has 0 aliphatic heterocycles. The summed E-state index contributed by atoms with van der Waals surface area (Å²) in [7, 11) is 0. The molecule has 0 saturated heterocycles. The van der Waals surface area contributed by atoms with Crippen LogP contribution in [0.1, 0.15) is 25.8 Å². The number of nitrogens with one attached hydrogen (secondary N) is 1. The van der Waals surface area contributed by atoms with Crippen molar-refractivity contribution in [2.24, 2.45) is 0 Å². The van der Waals surface area contributed by atoms with Gasteiger partial charge in [-0.3, -0.25) is 9.59 Å². The molecule has 0 spiro atoms. The van der Waals surface area contributed by atoms with Gasteiger partial charge >= 0.3 is 0 Å². The Labute approximate surface area is 166 Å². The summed E-state index contributed by atoms with van der Waals surface area (Å²) < 4.78 is 0. The zero-order chi connectivity index (χ0) is 19.5. The smallest absolute Gasteiger partial charge is 0.242 e. The summed E-state index contributed by atoms with van der Waals surface area (Å²) in [5, 5.41) is 2.82. The number of thioether (sulfide) groups is 1. The second kappa shape index (κ2) is 11.4. The molecule has 2 amide bonds. The van der Waals surface area contributed by atoms with Crippen molar-refractivity contribution in [1.29, 1.82) is 0 Å². The van der Waals surface area contributed by atoms with Crippen LogP contribution in [0.25, 0.3) is 0 Å². The van der Waals surface area contributed by atoms with Crippen molar-refractivity contribution in [3.63, 3.8) is 0 Å². The van der Waals surface area contributed by atoms with Gasteiger partial charge in [-0.1, -0.05) is 48.5 Å². The number of carbonyl (C=O) groups is 2. The highest BCUT2D eigenvalue weighted by atomic mass is 32.2. The summed E-state index contributed by atoms with van der Waals surface area (Å²) in [5.41, 5.74) is 1.16. The lowest BCUT2D eigenvalue weighted by molar-refractivity contribution is -0.139. The van der Waals surface area contributed by atoms with Crippen molar-refractivity contribution in [2.45, 2.75) is 37.6 Å². The van der Waals surface area contributed by atoms with Gasteiger partial charge in [0, 0.05) is 30.2 Å². The van der Waals surface area contributed by atoms with Gasteiger partial charge in [0.1, 0.15) is 6.04 Å². The first-order valence-electron chi connectivity index (χ1n) is 9.40. The van der Waals surface area contributed by atoms with Crippen LogP contribution in [0.15, 0.2) is 65.6 Å². The Balaban J connectivity index is 1.96. The van der Waals surface area contributed by atoms with E-state index in [-0.39, 0.29) is 11.8 Å². The van der Waals surface area contributed by atoms with Gasteiger partial charge in [0.05, 0.1) is 0 Å². The average molecular weight is 385 g/mol. The maximum Gasteiger partial charge on any atom is 0.242 e. The molecule has 0 saturated carbocycles. The Morgan fingerprint density at radius 2 is 1.67 bits per heavy atom. The molecule has 0 unspecified atom stereocenters.